The van der Waals surface area contributed by atoms with Crippen molar-refractivity contribution in [2.75, 3.05) is 37.5 Å². The molecule has 1 heterocycles. The van der Waals surface area contributed by atoms with E-state index in [0.29, 0.717) is 11.5 Å². The minimum absolute atomic E-state index is 0.0481. The molecule has 0 aromatic heterocycles. The van der Waals surface area contributed by atoms with Crippen LogP contribution in [0.2, 0.25) is 0 Å². The molecule has 0 radical (unpaired) electrons. The molecule has 5 nitrogen and oxygen atoms in total. The van der Waals surface area contributed by atoms with E-state index in [1.165, 1.54) is 24.9 Å². The van der Waals surface area contributed by atoms with Gasteiger partial charge in [0, 0.05) is 24.5 Å². The Morgan fingerprint density at radius 1 is 1.00 bits per heavy atom. The first-order valence-corrected chi connectivity index (χ1v) is 9.05. The SMILES string of the molecule is COc1ccc(CC(=O)Nc2cccc(N3CCCCC3)c2)cc1OC. The molecule has 2 aromatic rings. The molecule has 3 rings (SSSR count). The van der Waals surface area contributed by atoms with Crippen LogP contribution in [0.3, 0.4) is 0 Å². The van der Waals surface area contributed by atoms with Gasteiger partial charge in [0.2, 0.25) is 5.91 Å². The van der Waals surface area contributed by atoms with E-state index in [-0.39, 0.29) is 12.3 Å². The minimum atomic E-state index is -0.0481. The highest BCUT2D eigenvalue weighted by molar-refractivity contribution is 5.92. The maximum atomic E-state index is 12.4. The Balaban J connectivity index is 1.64. The Hall–Kier alpha value is -2.69. The van der Waals surface area contributed by atoms with Crippen LogP contribution in [0, 0.1) is 0 Å². The molecule has 5 heteroatoms. The largest absolute Gasteiger partial charge is 0.493 e. The van der Waals surface area contributed by atoms with Crippen LogP contribution in [0.15, 0.2) is 42.5 Å². The number of methoxy groups -OCH3 is 2. The minimum Gasteiger partial charge on any atom is -0.493 e. The molecule has 1 fully saturated rings. The van der Waals surface area contributed by atoms with Gasteiger partial charge >= 0.3 is 0 Å². The molecule has 1 amide bonds. The van der Waals surface area contributed by atoms with Crippen LogP contribution in [0.5, 0.6) is 11.5 Å². The van der Waals surface area contributed by atoms with E-state index < -0.39 is 0 Å². The monoisotopic (exact) mass is 354 g/mol. The lowest BCUT2D eigenvalue weighted by atomic mass is 10.1. The van der Waals surface area contributed by atoms with Gasteiger partial charge in [-0.2, -0.15) is 0 Å². The number of nitrogens with zero attached hydrogens (tertiary/aromatic N) is 1. The predicted octanol–water partition coefficient (Wildman–Crippen LogP) is 3.88. The van der Waals surface area contributed by atoms with Gasteiger partial charge in [0.25, 0.3) is 0 Å². The molecule has 0 bridgehead atoms. The van der Waals surface area contributed by atoms with Gasteiger partial charge in [0.15, 0.2) is 11.5 Å². The van der Waals surface area contributed by atoms with Crippen LogP contribution < -0.4 is 19.7 Å². The molecular weight excluding hydrogens is 328 g/mol. The summed E-state index contributed by atoms with van der Waals surface area (Å²) in [4.78, 5) is 14.8. The number of ether oxygens (including phenoxy) is 2. The Kier molecular flexibility index (Phi) is 6.00. The lowest BCUT2D eigenvalue weighted by molar-refractivity contribution is -0.115. The standard InChI is InChI=1S/C21H26N2O3/c1-25-19-10-9-16(13-20(19)26-2)14-21(24)22-17-7-6-8-18(15-17)23-11-4-3-5-12-23/h6-10,13,15H,3-5,11-12,14H2,1-2H3,(H,22,24). The Bertz CT molecular complexity index is 755. The van der Waals surface area contributed by atoms with Crippen LogP contribution in [0.1, 0.15) is 24.8 Å². The molecule has 1 aliphatic rings. The van der Waals surface area contributed by atoms with Crippen molar-refractivity contribution in [2.45, 2.75) is 25.7 Å². The van der Waals surface area contributed by atoms with Crippen LogP contribution in [-0.2, 0) is 11.2 Å². The molecule has 1 N–H and O–H groups in total. The van der Waals surface area contributed by atoms with Crippen molar-refractivity contribution in [1.29, 1.82) is 0 Å². The first-order valence-electron chi connectivity index (χ1n) is 9.05. The molecular formula is C21H26N2O3. The number of nitrogens with one attached hydrogen (secondary N) is 1. The number of piperidine rings is 1. The molecule has 0 aliphatic carbocycles. The fourth-order valence-corrected chi connectivity index (χ4v) is 3.31. The highest BCUT2D eigenvalue weighted by atomic mass is 16.5. The summed E-state index contributed by atoms with van der Waals surface area (Å²) in [5.74, 6) is 1.24. The van der Waals surface area contributed by atoms with Crippen LogP contribution in [0.25, 0.3) is 0 Å². The van der Waals surface area contributed by atoms with Gasteiger partial charge < -0.3 is 19.7 Å². The second kappa shape index (κ2) is 8.61. The van der Waals surface area contributed by atoms with Crippen molar-refractivity contribution in [3.63, 3.8) is 0 Å². The summed E-state index contributed by atoms with van der Waals surface area (Å²) >= 11 is 0. The van der Waals surface area contributed by atoms with Crippen LogP contribution in [-0.4, -0.2) is 33.2 Å². The van der Waals surface area contributed by atoms with E-state index in [2.05, 4.69) is 22.3 Å². The fraction of sp³-hybridized carbons (Fsp3) is 0.381. The highest BCUT2D eigenvalue weighted by Crippen LogP contribution is 2.28. The van der Waals surface area contributed by atoms with Gasteiger partial charge in [-0.15, -0.1) is 0 Å². The molecule has 0 atom stereocenters. The maximum Gasteiger partial charge on any atom is 0.228 e. The molecule has 0 unspecified atom stereocenters. The number of hydrogen-bond donors (Lipinski definition) is 1. The van der Waals surface area contributed by atoms with Crippen molar-refractivity contribution in [1.82, 2.24) is 0 Å². The molecule has 138 valence electrons. The van der Waals surface area contributed by atoms with Crippen molar-refractivity contribution in [3.05, 3.63) is 48.0 Å². The number of rotatable bonds is 6. The quantitative estimate of drug-likeness (QED) is 0.855. The van der Waals surface area contributed by atoms with E-state index in [0.717, 1.165) is 24.3 Å². The smallest absolute Gasteiger partial charge is 0.228 e. The maximum absolute atomic E-state index is 12.4. The lowest BCUT2D eigenvalue weighted by Crippen LogP contribution is -2.29. The zero-order chi connectivity index (χ0) is 18.4. The van der Waals surface area contributed by atoms with Crippen molar-refractivity contribution in [3.8, 4) is 11.5 Å². The van der Waals surface area contributed by atoms with Crippen molar-refractivity contribution < 1.29 is 14.3 Å². The average Bonchev–Trinajstić information content (AvgIpc) is 2.68. The average molecular weight is 354 g/mol. The zero-order valence-electron chi connectivity index (χ0n) is 15.5. The second-order valence-electron chi connectivity index (χ2n) is 6.51. The molecule has 26 heavy (non-hydrogen) atoms. The summed E-state index contributed by atoms with van der Waals surface area (Å²) in [7, 11) is 3.19. The van der Waals surface area contributed by atoms with Crippen molar-refractivity contribution >= 4 is 17.3 Å². The summed E-state index contributed by atoms with van der Waals surface area (Å²) in [5.41, 5.74) is 2.89. The third-order valence-corrected chi connectivity index (χ3v) is 4.66. The van der Waals surface area contributed by atoms with E-state index in [9.17, 15) is 4.79 Å². The first kappa shape index (κ1) is 18.1. The summed E-state index contributed by atoms with van der Waals surface area (Å²) in [6.07, 6.45) is 4.05. The number of carbonyl (C=O) groups is 1. The Morgan fingerprint density at radius 2 is 1.77 bits per heavy atom. The van der Waals surface area contributed by atoms with Gasteiger partial charge in [0.05, 0.1) is 20.6 Å². The molecule has 0 spiro atoms. The molecule has 0 saturated carbocycles. The van der Waals surface area contributed by atoms with Gasteiger partial charge in [-0.3, -0.25) is 4.79 Å². The van der Waals surface area contributed by atoms with Crippen LogP contribution in [0.4, 0.5) is 11.4 Å². The van der Waals surface area contributed by atoms with E-state index in [1.54, 1.807) is 14.2 Å². The van der Waals surface area contributed by atoms with Gasteiger partial charge in [-0.05, 0) is 55.2 Å². The second-order valence-corrected chi connectivity index (χ2v) is 6.51. The zero-order valence-corrected chi connectivity index (χ0v) is 15.5. The van der Waals surface area contributed by atoms with E-state index in [4.69, 9.17) is 9.47 Å². The normalized spacial score (nSPS) is 14.0. The summed E-state index contributed by atoms with van der Waals surface area (Å²) in [6, 6.07) is 13.6. The molecule has 2 aromatic carbocycles. The number of amides is 1. The summed E-state index contributed by atoms with van der Waals surface area (Å²) in [5, 5.41) is 3.00. The van der Waals surface area contributed by atoms with Gasteiger partial charge in [-0.1, -0.05) is 12.1 Å². The number of anilines is 2. The lowest BCUT2D eigenvalue weighted by Gasteiger charge is -2.29. The van der Waals surface area contributed by atoms with Gasteiger partial charge in [-0.25, -0.2) is 0 Å². The Labute approximate surface area is 154 Å². The molecule has 1 saturated heterocycles. The van der Waals surface area contributed by atoms with Gasteiger partial charge in [0.1, 0.15) is 0 Å². The third-order valence-electron chi connectivity index (χ3n) is 4.66. The van der Waals surface area contributed by atoms with Crippen molar-refractivity contribution in [2.24, 2.45) is 0 Å². The summed E-state index contributed by atoms with van der Waals surface area (Å²) in [6.45, 7) is 2.17. The summed E-state index contributed by atoms with van der Waals surface area (Å²) < 4.78 is 10.5. The first-order chi connectivity index (χ1) is 12.7. The highest BCUT2D eigenvalue weighted by Gasteiger charge is 2.12. The molecule has 1 aliphatic heterocycles. The number of hydrogen-bond acceptors (Lipinski definition) is 4. The van der Waals surface area contributed by atoms with E-state index >= 15 is 0 Å². The predicted molar refractivity (Wildman–Crippen MR) is 104 cm³/mol. The third kappa shape index (κ3) is 4.48. The topological polar surface area (TPSA) is 50.8 Å². The number of benzene rings is 2. The van der Waals surface area contributed by atoms with E-state index in [1.807, 2.05) is 30.3 Å². The number of carbonyl (C=O) groups excluding carboxylic acids is 1. The van der Waals surface area contributed by atoms with Crippen LogP contribution >= 0.6 is 0 Å². The Morgan fingerprint density at radius 3 is 2.50 bits per heavy atom. The fourth-order valence-electron chi connectivity index (χ4n) is 3.31.